The highest BCUT2D eigenvalue weighted by Crippen LogP contribution is 2.76. The molecule has 5 aliphatic carbocycles. The molecule has 3 unspecified atom stereocenters. The molecule has 22 nitrogen and oxygen atoms in total. The van der Waals surface area contributed by atoms with Gasteiger partial charge in [-0.15, -0.1) is 0 Å². The summed E-state index contributed by atoms with van der Waals surface area (Å²) in [6, 6.07) is 0. The van der Waals surface area contributed by atoms with E-state index in [0.29, 0.717) is 44.1 Å². The third-order valence-electron chi connectivity index (χ3n) is 21.4. The third kappa shape index (κ3) is 9.93. The zero-order valence-electron chi connectivity index (χ0n) is 47.5. The molecule has 12 N–H and O–H groups in total. The number of fused-ring (bicyclic) bond motifs is 7. The standard InChI is InChI=1S/C57H90O22/c1-12-25(3)47(70)78-45-46(79-48(71)26(4)13-2)57(24-60)28(20-52(45,5)6)27-14-15-33-54(9)18-17-34(53(7,8)32(54)16-19-55(33,10)56(27,11)43(68)44(57)69)76-51-42(77-50-40(66)36(62)30(22-59)74-50)39(65)37(63)31(75-51)23-72-49-41(67)38(64)35(61)29(21-58)73-49/h12-14,28-46,49-51,58-69H,15-24H2,1-11H3/b25-12-,26-13-/t28?,29-,30+,31-,32?,33?,34+,35-,36+,37-,38+,39+,40-,41-,42-,43+,44-,45+,46+,49-,50+,51+,54+,55-,56+,57+/m1/s1. The predicted molar refractivity (Wildman–Crippen MR) is 276 cm³/mol. The number of esters is 2. The molecule has 0 aromatic rings. The second kappa shape index (κ2) is 22.8. The van der Waals surface area contributed by atoms with Crippen molar-refractivity contribution in [2.24, 2.45) is 50.2 Å². The largest absolute Gasteiger partial charge is 0.454 e. The summed E-state index contributed by atoms with van der Waals surface area (Å²) >= 11 is 0. The number of aliphatic hydroxyl groups excluding tert-OH is 12. The summed E-state index contributed by atoms with van der Waals surface area (Å²) in [6.07, 6.45) is -20.1. The van der Waals surface area contributed by atoms with Gasteiger partial charge in [-0.2, -0.15) is 0 Å². The number of allylic oxidation sites excluding steroid dienone is 3. The molecule has 26 atom stereocenters. The Morgan fingerprint density at radius 1 is 0.633 bits per heavy atom. The van der Waals surface area contributed by atoms with Crippen LogP contribution in [0.1, 0.15) is 115 Å². The van der Waals surface area contributed by atoms with Gasteiger partial charge in [-0.1, -0.05) is 72.3 Å². The molecule has 8 rings (SSSR count). The van der Waals surface area contributed by atoms with Gasteiger partial charge in [0.2, 0.25) is 0 Å². The number of carbonyl (C=O) groups excluding carboxylic acids is 2. The van der Waals surface area contributed by atoms with Crippen molar-refractivity contribution >= 4 is 11.9 Å². The zero-order chi connectivity index (χ0) is 58.4. The molecule has 4 saturated carbocycles. The molecular formula is C57H90O22. The molecular weight excluding hydrogens is 1040 g/mol. The molecule has 0 amide bonds. The monoisotopic (exact) mass is 1130 g/mol. The molecule has 3 saturated heterocycles. The van der Waals surface area contributed by atoms with Crippen molar-refractivity contribution in [3.05, 3.63) is 34.9 Å². The Morgan fingerprint density at radius 3 is 1.76 bits per heavy atom. The highest BCUT2D eigenvalue weighted by Gasteiger charge is 2.76. The molecule has 0 aromatic carbocycles. The Morgan fingerprint density at radius 2 is 1.18 bits per heavy atom. The maximum Gasteiger partial charge on any atom is 0.333 e. The van der Waals surface area contributed by atoms with Crippen LogP contribution in [0, 0.1) is 50.2 Å². The Hall–Kier alpha value is -2.56. The quantitative estimate of drug-likeness (QED) is 0.0477. The van der Waals surface area contributed by atoms with E-state index in [1.165, 1.54) is 0 Å². The van der Waals surface area contributed by atoms with Gasteiger partial charge in [-0.25, -0.2) is 9.59 Å². The van der Waals surface area contributed by atoms with Crippen LogP contribution in [-0.2, 0) is 47.5 Å². The summed E-state index contributed by atoms with van der Waals surface area (Å²) in [5.74, 6) is -2.14. The van der Waals surface area contributed by atoms with E-state index in [1.54, 1.807) is 39.8 Å². The summed E-state index contributed by atoms with van der Waals surface area (Å²) in [5, 5.41) is 134. The molecule has 79 heavy (non-hydrogen) atoms. The second-order valence-electron chi connectivity index (χ2n) is 26.0. The first-order valence-electron chi connectivity index (χ1n) is 28.2. The van der Waals surface area contributed by atoms with E-state index in [2.05, 4.69) is 33.8 Å². The van der Waals surface area contributed by atoms with Crippen LogP contribution in [0.4, 0.5) is 0 Å². The van der Waals surface area contributed by atoms with E-state index in [-0.39, 0.29) is 17.4 Å². The molecule has 0 spiro atoms. The van der Waals surface area contributed by atoms with Crippen molar-refractivity contribution in [2.75, 3.05) is 26.4 Å². The number of aliphatic hydroxyl groups is 12. The smallest absolute Gasteiger partial charge is 0.333 e. The van der Waals surface area contributed by atoms with Gasteiger partial charge in [0.25, 0.3) is 0 Å². The van der Waals surface area contributed by atoms with Gasteiger partial charge in [0, 0.05) is 22.0 Å². The van der Waals surface area contributed by atoms with Crippen LogP contribution >= 0.6 is 0 Å². The fourth-order valence-corrected chi connectivity index (χ4v) is 16.2. The highest BCUT2D eigenvalue weighted by molar-refractivity contribution is 5.88. The first-order chi connectivity index (χ1) is 36.9. The molecule has 0 radical (unpaired) electrons. The molecule has 22 heteroatoms. The third-order valence-corrected chi connectivity index (χ3v) is 21.4. The summed E-state index contributed by atoms with van der Waals surface area (Å²) in [7, 11) is 0. The Bertz CT molecular complexity index is 2300. The summed E-state index contributed by atoms with van der Waals surface area (Å²) in [4.78, 5) is 27.4. The molecule has 3 heterocycles. The maximum atomic E-state index is 13.8. The van der Waals surface area contributed by atoms with E-state index in [1.807, 2.05) is 20.8 Å². The Labute approximate surface area is 462 Å². The van der Waals surface area contributed by atoms with Crippen LogP contribution in [0.25, 0.3) is 0 Å². The lowest BCUT2D eigenvalue weighted by molar-refractivity contribution is -0.365. The Balaban J connectivity index is 1.10. The van der Waals surface area contributed by atoms with Crippen molar-refractivity contribution < 1.29 is 109 Å². The highest BCUT2D eigenvalue weighted by atomic mass is 16.8. The lowest BCUT2D eigenvalue weighted by atomic mass is 9.32. The Kier molecular flexibility index (Phi) is 18.0. The maximum absolute atomic E-state index is 13.8. The lowest BCUT2D eigenvalue weighted by Crippen LogP contribution is -2.76. The average Bonchev–Trinajstić information content (AvgIpc) is 3.71. The minimum absolute atomic E-state index is 0.0647. The van der Waals surface area contributed by atoms with E-state index in [0.717, 1.165) is 5.57 Å². The first-order valence-corrected chi connectivity index (χ1v) is 28.2. The van der Waals surface area contributed by atoms with Gasteiger partial charge in [0.05, 0.1) is 50.2 Å². The second-order valence-corrected chi connectivity index (χ2v) is 26.0. The van der Waals surface area contributed by atoms with E-state index in [9.17, 15) is 70.9 Å². The molecule has 7 fully saturated rings. The average molecular weight is 1130 g/mol. The van der Waals surface area contributed by atoms with Crippen molar-refractivity contribution in [3.63, 3.8) is 0 Å². The van der Waals surface area contributed by atoms with Crippen LogP contribution in [0.15, 0.2) is 34.9 Å². The SMILES string of the molecule is C/C=C(/C)C(=O)O[C@H]1[C@H](OC(=O)/C(C)=C\C)[C@@]2(CO)C(CC1(C)C)C1=CCC3[C@@]4(C)CC[C@H](O[C@@H]5O[C@H](CO[C@@H]6O[C@H](CO)[C@@H](O)[C@H](O)[C@H]6O)[C@@H](O)[C@H](O)[C@H]5O[C@@H]5O[C@@H](CO)[C@H](O)[C@H]5O)C(C)(C)C4CC[C@@]3(C)[C@]1(C)[C@@H](O)[C@H]2O. The molecule has 0 bridgehead atoms. The van der Waals surface area contributed by atoms with Gasteiger partial charge in [-0.05, 0) is 100 Å². The number of carbonyl (C=O) groups is 2. The van der Waals surface area contributed by atoms with Gasteiger partial charge in [0.15, 0.2) is 25.0 Å². The fourth-order valence-electron chi connectivity index (χ4n) is 16.2. The summed E-state index contributed by atoms with van der Waals surface area (Å²) in [5.41, 5.74) is -3.99. The normalized spacial score (nSPS) is 49.6. The van der Waals surface area contributed by atoms with Crippen LogP contribution in [0.2, 0.25) is 0 Å². The summed E-state index contributed by atoms with van der Waals surface area (Å²) < 4.78 is 48.9. The van der Waals surface area contributed by atoms with Crippen molar-refractivity contribution in [2.45, 2.75) is 231 Å². The molecule has 450 valence electrons. The number of hydrogen-bond acceptors (Lipinski definition) is 22. The number of hydrogen-bond donors (Lipinski definition) is 12. The molecule has 3 aliphatic heterocycles. The first kappa shape index (κ1) is 62.5. The van der Waals surface area contributed by atoms with Gasteiger partial charge in [0.1, 0.15) is 73.2 Å². The lowest BCUT2D eigenvalue weighted by Gasteiger charge is -2.73. The topological polar surface area (TPSA) is 351 Å². The van der Waals surface area contributed by atoms with Crippen LogP contribution < -0.4 is 0 Å². The van der Waals surface area contributed by atoms with Crippen molar-refractivity contribution in [1.82, 2.24) is 0 Å². The van der Waals surface area contributed by atoms with E-state index >= 15 is 0 Å². The predicted octanol–water partition coefficient (Wildman–Crippen LogP) is 0.170. The zero-order valence-corrected chi connectivity index (χ0v) is 47.5. The molecule has 0 aromatic heterocycles. The van der Waals surface area contributed by atoms with Gasteiger partial charge in [-0.3, -0.25) is 0 Å². The van der Waals surface area contributed by atoms with Crippen LogP contribution in [0.3, 0.4) is 0 Å². The summed E-state index contributed by atoms with van der Waals surface area (Å²) in [6.45, 7) is 18.4. The van der Waals surface area contributed by atoms with Gasteiger partial charge < -0.3 is 99.2 Å². The van der Waals surface area contributed by atoms with Crippen LogP contribution in [-0.4, -0.2) is 216 Å². The van der Waals surface area contributed by atoms with Crippen molar-refractivity contribution in [1.29, 1.82) is 0 Å². The fraction of sp³-hybridized carbons (Fsp3) is 0.860. The van der Waals surface area contributed by atoms with E-state index in [4.69, 9.17) is 37.9 Å². The molecule has 8 aliphatic rings. The van der Waals surface area contributed by atoms with Gasteiger partial charge >= 0.3 is 11.9 Å². The van der Waals surface area contributed by atoms with Crippen LogP contribution in [0.5, 0.6) is 0 Å². The minimum atomic E-state index is -1.82. The minimum Gasteiger partial charge on any atom is -0.454 e. The van der Waals surface area contributed by atoms with E-state index < -0.39 is 193 Å². The number of rotatable bonds is 14. The number of ether oxygens (including phenoxy) is 8. The van der Waals surface area contributed by atoms with Crippen molar-refractivity contribution in [3.8, 4) is 0 Å².